The molecule has 8 heteroatoms. The topological polar surface area (TPSA) is 112 Å². The molecule has 0 heterocycles. The molecule has 4 N–H and O–H groups in total. The molecule has 7 nitrogen and oxygen atoms in total. The second-order valence-electron chi connectivity index (χ2n) is 5.35. The molecule has 0 aliphatic rings. The van der Waals surface area contributed by atoms with Crippen LogP contribution >= 0.6 is 7.82 Å². The van der Waals surface area contributed by atoms with Crippen molar-refractivity contribution in [3.05, 3.63) is 0 Å². The summed E-state index contributed by atoms with van der Waals surface area (Å²) in [7, 11) is 2.10. The summed E-state index contributed by atoms with van der Waals surface area (Å²) >= 11 is 0. The van der Waals surface area contributed by atoms with Crippen molar-refractivity contribution in [2.24, 2.45) is 5.73 Å². The average Bonchev–Trinajstić information content (AvgIpc) is 2.21. The molecule has 0 amide bonds. The zero-order valence-corrected chi connectivity index (χ0v) is 13.1. The molecule has 0 saturated heterocycles. The summed E-state index contributed by atoms with van der Waals surface area (Å²) in [4.78, 5) is 9.40. The molecule has 118 valence electrons. The van der Waals surface area contributed by atoms with Crippen LogP contribution in [0.25, 0.3) is 0 Å². The fourth-order valence-electron chi connectivity index (χ4n) is 1.25. The summed E-state index contributed by atoms with van der Waals surface area (Å²) in [6.45, 7) is 1.81. The highest BCUT2D eigenvalue weighted by Crippen LogP contribution is 2.43. The number of hydrogen-bond donors (Lipinski definition) is 2. The van der Waals surface area contributed by atoms with Crippen LogP contribution in [0.5, 0.6) is 0 Å². The van der Waals surface area contributed by atoms with Gasteiger partial charge in [0.25, 0.3) is 0 Å². The Kier molecular flexibility index (Phi) is 12.0. The number of phosphoric acid groups is 1. The lowest BCUT2D eigenvalue weighted by molar-refractivity contribution is -0.870. The van der Waals surface area contributed by atoms with E-state index in [0.29, 0.717) is 17.6 Å². The molecular formula is C11H29N2O5P. The molecule has 0 saturated carbocycles. The Morgan fingerprint density at radius 1 is 1.05 bits per heavy atom. The maximum absolute atomic E-state index is 11.5. The molecule has 0 aliphatic carbocycles. The van der Waals surface area contributed by atoms with Crippen molar-refractivity contribution in [2.45, 2.75) is 25.7 Å². The number of nitrogens with two attached hydrogens (primary N) is 1. The summed E-state index contributed by atoms with van der Waals surface area (Å²) in [6.07, 6.45) is 3.72. The fourth-order valence-corrected chi connectivity index (χ4v) is 1.99. The SMILES string of the molecule is C[N+](C)(C)CCOP(=O)(O)OCCCCCCN.[OH-]. The van der Waals surface area contributed by atoms with E-state index in [1.165, 1.54) is 0 Å². The molecule has 0 aromatic rings. The Labute approximate surface area is 116 Å². The van der Waals surface area contributed by atoms with Gasteiger partial charge in [-0.2, -0.15) is 0 Å². The van der Waals surface area contributed by atoms with Crippen LogP contribution in [-0.4, -0.2) is 62.3 Å². The van der Waals surface area contributed by atoms with E-state index in [0.717, 1.165) is 25.7 Å². The molecule has 1 unspecified atom stereocenters. The van der Waals surface area contributed by atoms with Gasteiger partial charge in [0.1, 0.15) is 13.2 Å². The van der Waals surface area contributed by atoms with Crippen molar-refractivity contribution in [3.8, 4) is 0 Å². The van der Waals surface area contributed by atoms with Crippen molar-refractivity contribution in [1.29, 1.82) is 0 Å². The van der Waals surface area contributed by atoms with E-state index in [-0.39, 0.29) is 18.7 Å². The fraction of sp³-hybridized carbons (Fsp3) is 1.00. The van der Waals surface area contributed by atoms with E-state index in [2.05, 4.69) is 0 Å². The minimum absolute atomic E-state index is 0. The van der Waals surface area contributed by atoms with E-state index in [9.17, 15) is 9.46 Å². The summed E-state index contributed by atoms with van der Waals surface area (Å²) < 4.78 is 21.9. The standard InChI is InChI=1S/C11H27N2O4P.H2O/c1-13(2,3)9-11-17-18(14,15)16-10-7-5-4-6-8-12;/h4-12H2,1-3H3;1H2. The number of nitrogens with zero attached hydrogens (tertiary/aromatic N) is 1. The largest absolute Gasteiger partial charge is 0.870 e. The molecular weight excluding hydrogens is 271 g/mol. The van der Waals surface area contributed by atoms with Gasteiger partial charge >= 0.3 is 7.82 Å². The molecule has 0 aromatic heterocycles. The number of likely N-dealkylation sites (N-methyl/N-ethyl adjacent to an activating group) is 1. The second-order valence-corrected chi connectivity index (χ2v) is 6.81. The van der Waals surface area contributed by atoms with Crippen LogP contribution < -0.4 is 5.73 Å². The lowest BCUT2D eigenvalue weighted by Gasteiger charge is -2.24. The average molecular weight is 300 g/mol. The van der Waals surface area contributed by atoms with E-state index >= 15 is 0 Å². The van der Waals surface area contributed by atoms with Crippen molar-refractivity contribution < 1.29 is 28.5 Å². The monoisotopic (exact) mass is 300 g/mol. The highest BCUT2D eigenvalue weighted by Gasteiger charge is 2.21. The normalized spacial score (nSPS) is 14.8. The van der Waals surface area contributed by atoms with Gasteiger partial charge in [0.2, 0.25) is 0 Å². The third-order valence-electron chi connectivity index (χ3n) is 2.37. The van der Waals surface area contributed by atoms with Crippen LogP contribution in [-0.2, 0) is 13.6 Å². The predicted octanol–water partition coefficient (Wildman–Crippen LogP) is 1.17. The Morgan fingerprint density at radius 3 is 2.11 bits per heavy atom. The summed E-state index contributed by atoms with van der Waals surface area (Å²) in [5.74, 6) is 0. The van der Waals surface area contributed by atoms with E-state index in [1.807, 2.05) is 21.1 Å². The van der Waals surface area contributed by atoms with Crippen molar-refractivity contribution in [1.82, 2.24) is 0 Å². The molecule has 19 heavy (non-hydrogen) atoms. The number of unbranched alkanes of at least 4 members (excludes halogenated alkanes) is 3. The van der Waals surface area contributed by atoms with Gasteiger partial charge in [0.05, 0.1) is 27.7 Å². The van der Waals surface area contributed by atoms with Gasteiger partial charge in [-0.25, -0.2) is 4.57 Å². The van der Waals surface area contributed by atoms with Gasteiger partial charge in [-0.1, -0.05) is 12.8 Å². The van der Waals surface area contributed by atoms with Crippen LogP contribution in [0, 0.1) is 0 Å². The quantitative estimate of drug-likeness (QED) is 0.336. The number of rotatable bonds is 11. The second kappa shape index (κ2) is 10.7. The summed E-state index contributed by atoms with van der Waals surface area (Å²) in [5.41, 5.74) is 5.37. The maximum Gasteiger partial charge on any atom is 0.472 e. The molecule has 0 rings (SSSR count). The molecule has 0 bridgehead atoms. The van der Waals surface area contributed by atoms with Gasteiger partial charge in [-0.15, -0.1) is 0 Å². The van der Waals surface area contributed by atoms with Crippen LogP contribution in [0.1, 0.15) is 25.7 Å². The molecule has 1 atom stereocenters. The molecule has 0 radical (unpaired) electrons. The molecule has 0 aromatic carbocycles. The Hall–Kier alpha value is -0.0100. The Morgan fingerprint density at radius 2 is 1.58 bits per heavy atom. The van der Waals surface area contributed by atoms with E-state index in [4.69, 9.17) is 14.8 Å². The minimum atomic E-state index is -3.87. The predicted molar refractivity (Wildman–Crippen MR) is 74.1 cm³/mol. The van der Waals surface area contributed by atoms with E-state index in [1.54, 1.807) is 0 Å². The lowest BCUT2D eigenvalue weighted by Crippen LogP contribution is -2.37. The third-order valence-corrected chi connectivity index (χ3v) is 3.39. The van der Waals surface area contributed by atoms with E-state index < -0.39 is 7.82 Å². The van der Waals surface area contributed by atoms with Gasteiger partial charge in [-0.3, -0.25) is 9.05 Å². The van der Waals surface area contributed by atoms with Crippen molar-refractivity contribution in [3.63, 3.8) is 0 Å². The van der Waals surface area contributed by atoms with Gasteiger partial charge in [0, 0.05) is 0 Å². The highest BCUT2D eigenvalue weighted by molar-refractivity contribution is 7.47. The van der Waals surface area contributed by atoms with Crippen LogP contribution in [0.2, 0.25) is 0 Å². The molecule has 0 spiro atoms. The van der Waals surface area contributed by atoms with Crippen molar-refractivity contribution >= 4 is 7.82 Å². The molecule has 0 fully saturated rings. The number of phosphoric ester groups is 1. The first kappa shape index (κ1) is 21.3. The van der Waals surface area contributed by atoms with Crippen LogP contribution in [0.3, 0.4) is 0 Å². The third kappa shape index (κ3) is 15.9. The van der Waals surface area contributed by atoms with Crippen LogP contribution in [0.4, 0.5) is 0 Å². The highest BCUT2D eigenvalue weighted by atomic mass is 31.2. The minimum Gasteiger partial charge on any atom is -0.870 e. The lowest BCUT2D eigenvalue weighted by atomic mass is 10.2. The first-order valence-corrected chi connectivity index (χ1v) is 7.89. The summed E-state index contributed by atoms with van der Waals surface area (Å²) in [6, 6.07) is 0. The van der Waals surface area contributed by atoms with Crippen LogP contribution in [0.15, 0.2) is 0 Å². The van der Waals surface area contributed by atoms with Gasteiger partial charge in [0.15, 0.2) is 0 Å². The van der Waals surface area contributed by atoms with Crippen molar-refractivity contribution in [2.75, 3.05) is 47.4 Å². The number of hydrogen-bond acceptors (Lipinski definition) is 5. The Balaban J connectivity index is 0. The smallest absolute Gasteiger partial charge is 0.472 e. The molecule has 0 aliphatic heterocycles. The van der Waals surface area contributed by atoms with Gasteiger partial charge in [-0.05, 0) is 19.4 Å². The zero-order valence-electron chi connectivity index (χ0n) is 12.2. The first-order valence-electron chi connectivity index (χ1n) is 6.39. The zero-order chi connectivity index (χ0) is 14.1. The first-order chi connectivity index (χ1) is 8.27. The van der Waals surface area contributed by atoms with Gasteiger partial charge < -0.3 is 20.6 Å². The number of quaternary nitrogens is 1. The Bertz CT molecular complexity index is 258. The summed E-state index contributed by atoms with van der Waals surface area (Å²) in [5, 5.41) is 0. The maximum atomic E-state index is 11.5.